The van der Waals surface area contributed by atoms with Gasteiger partial charge < -0.3 is 15.2 Å². The number of ether oxygens (including phenoxy) is 2. The summed E-state index contributed by atoms with van der Waals surface area (Å²) in [6.45, 7) is 23.2. The zero-order valence-corrected chi connectivity index (χ0v) is 26.0. The number of hydrogen-bond donors (Lipinski definition) is 1. The zero-order chi connectivity index (χ0) is 29.8. The highest BCUT2D eigenvalue weighted by Gasteiger charge is 2.05. The van der Waals surface area contributed by atoms with Gasteiger partial charge in [0, 0.05) is 28.4 Å². The summed E-state index contributed by atoms with van der Waals surface area (Å²) in [6.07, 6.45) is 5.03. The molecule has 0 aliphatic heterocycles. The predicted molar refractivity (Wildman–Crippen MR) is 172 cm³/mol. The second-order valence-corrected chi connectivity index (χ2v) is 8.87. The molecular formula is C34H51N3O2. The van der Waals surface area contributed by atoms with Crippen LogP contribution < -0.4 is 25.6 Å². The molecule has 0 unspecified atom stereocenters. The second kappa shape index (κ2) is 20.4. The largest absolute Gasteiger partial charge is 0.497 e. The average molecular weight is 534 g/mol. The van der Waals surface area contributed by atoms with Gasteiger partial charge in [0.05, 0.1) is 13.7 Å². The van der Waals surface area contributed by atoms with Crippen molar-refractivity contribution in [2.75, 3.05) is 19.5 Å². The number of rotatable bonds is 7. The van der Waals surface area contributed by atoms with Crippen LogP contribution in [0.4, 0.5) is 5.82 Å². The van der Waals surface area contributed by atoms with Crippen molar-refractivity contribution < 1.29 is 9.47 Å². The van der Waals surface area contributed by atoms with Crippen molar-refractivity contribution in [1.82, 2.24) is 4.98 Å². The molecule has 0 bridgehead atoms. The monoisotopic (exact) mass is 533 g/mol. The van der Waals surface area contributed by atoms with Gasteiger partial charge >= 0.3 is 0 Å². The van der Waals surface area contributed by atoms with Gasteiger partial charge in [-0.15, -0.1) is 0 Å². The van der Waals surface area contributed by atoms with Gasteiger partial charge in [-0.3, -0.25) is 4.99 Å². The first kappa shape index (κ1) is 35.4. The summed E-state index contributed by atoms with van der Waals surface area (Å²) in [5.41, 5.74) is 11.1. The Bertz CT molecular complexity index is 1230. The molecule has 1 aromatic heterocycles. The molecule has 0 amide bonds. The third kappa shape index (κ3) is 13.2. The van der Waals surface area contributed by atoms with Gasteiger partial charge in [-0.25, -0.2) is 4.98 Å². The third-order valence-corrected chi connectivity index (χ3v) is 5.12. The van der Waals surface area contributed by atoms with Crippen LogP contribution in [-0.4, -0.2) is 24.4 Å². The zero-order valence-electron chi connectivity index (χ0n) is 26.0. The average Bonchev–Trinajstić information content (AvgIpc) is 2.93. The minimum absolute atomic E-state index is 0.544. The Morgan fingerprint density at radius 3 is 2.05 bits per heavy atom. The summed E-state index contributed by atoms with van der Waals surface area (Å²) in [4.78, 5) is 8.55. The van der Waals surface area contributed by atoms with Crippen LogP contribution in [0.2, 0.25) is 0 Å². The summed E-state index contributed by atoms with van der Waals surface area (Å²) in [6, 6.07) is 15.9. The maximum Gasteiger partial charge on any atom is 0.123 e. The molecule has 0 atom stereocenters. The molecule has 3 rings (SSSR count). The lowest BCUT2D eigenvalue weighted by atomic mass is 10.0. The van der Waals surface area contributed by atoms with Crippen molar-refractivity contribution in [1.29, 1.82) is 0 Å². The smallest absolute Gasteiger partial charge is 0.123 e. The topological polar surface area (TPSA) is 69.7 Å². The van der Waals surface area contributed by atoms with Crippen LogP contribution in [-0.2, 0) is 6.42 Å². The summed E-state index contributed by atoms with van der Waals surface area (Å²) in [7, 11) is 1.65. The molecule has 0 fully saturated rings. The number of aliphatic imine (C=N–C) groups is 1. The van der Waals surface area contributed by atoms with Gasteiger partial charge in [0.15, 0.2) is 0 Å². The van der Waals surface area contributed by atoms with Crippen LogP contribution in [0, 0.1) is 0 Å². The first-order chi connectivity index (χ1) is 18.7. The Morgan fingerprint density at radius 1 is 0.923 bits per heavy atom. The van der Waals surface area contributed by atoms with E-state index in [1.807, 2.05) is 71.0 Å². The van der Waals surface area contributed by atoms with E-state index in [9.17, 15) is 0 Å². The lowest BCUT2D eigenvalue weighted by Gasteiger charge is -2.11. The minimum Gasteiger partial charge on any atom is -0.497 e. The minimum atomic E-state index is 0.544. The number of anilines is 1. The molecule has 5 heteroatoms. The van der Waals surface area contributed by atoms with Crippen LogP contribution in [0.25, 0.3) is 23.4 Å². The van der Waals surface area contributed by atoms with E-state index >= 15 is 0 Å². The van der Waals surface area contributed by atoms with Crippen LogP contribution >= 0.6 is 0 Å². The molecular weight excluding hydrogens is 482 g/mol. The number of aryl methyl sites for hydroxylation is 1. The van der Waals surface area contributed by atoms with Crippen molar-refractivity contribution in [3.05, 3.63) is 70.7 Å². The lowest BCUT2D eigenvalue weighted by Crippen LogP contribution is -2.24. The Hall–Kier alpha value is -3.60. The number of methoxy groups -OCH3 is 1. The van der Waals surface area contributed by atoms with E-state index in [4.69, 9.17) is 15.2 Å². The molecule has 3 aromatic rings. The summed E-state index contributed by atoms with van der Waals surface area (Å²) >= 11 is 0. The Morgan fingerprint density at radius 2 is 1.56 bits per heavy atom. The molecule has 0 saturated heterocycles. The molecule has 214 valence electrons. The van der Waals surface area contributed by atoms with Crippen LogP contribution in [0.3, 0.4) is 0 Å². The SMILES string of the molecule is C=c1cc(OC)cc/c1=C(\C)N=C(C)C.CC.CCC.CCCOc1ccc(-c2ccc(N)nc2)cc1CC. The number of benzene rings is 2. The Labute approximate surface area is 237 Å². The number of nitrogen functional groups attached to an aromatic ring is 1. The van der Waals surface area contributed by atoms with Gasteiger partial charge in [0.25, 0.3) is 0 Å². The van der Waals surface area contributed by atoms with Gasteiger partial charge in [0.1, 0.15) is 17.3 Å². The second-order valence-electron chi connectivity index (χ2n) is 8.87. The van der Waals surface area contributed by atoms with E-state index in [0.717, 1.165) is 63.9 Å². The molecule has 2 N–H and O–H groups in total. The van der Waals surface area contributed by atoms with Gasteiger partial charge in [-0.1, -0.05) is 60.6 Å². The van der Waals surface area contributed by atoms with Crippen molar-refractivity contribution in [2.24, 2.45) is 4.99 Å². The van der Waals surface area contributed by atoms with Crippen LogP contribution in [0.15, 0.2) is 59.7 Å². The summed E-state index contributed by atoms with van der Waals surface area (Å²) in [5, 5.41) is 2.01. The van der Waals surface area contributed by atoms with Crippen molar-refractivity contribution in [3.8, 4) is 22.6 Å². The van der Waals surface area contributed by atoms with Gasteiger partial charge in [-0.05, 0) is 92.4 Å². The standard InChI is InChI=1S/C16H20N2O.C13H17NO.C3H8.C2H6/c1-3-9-19-15-7-5-13(10-12(15)4-2)14-6-8-16(17)18-11-14;1-9(2)14-11(4)13-7-6-12(15-5)8-10(13)3;1-3-2;1-2/h5-8,10-11H,3-4,9H2,1-2H3,(H2,17,18);6-8H,3H2,1-2,4-5H3;3H2,1-2H3;1-2H3/b;13-11-;;. The third-order valence-electron chi connectivity index (χ3n) is 5.12. The first-order valence-corrected chi connectivity index (χ1v) is 14.0. The molecule has 39 heavy (non-hydrogen) atoms. The fraction of sp³-hybridized carbons (Fsp3) is 0.412. The van der Waals surface area contributed by atoms with E-state index < -0.39 is 0 Å². The number of pyridine rings is 1. The highest BCUT2D eigenvalue weighted by Crippen LogP contribution is 2.27. The molecule has 0 radical (unpaired) electrons. The Balaban J connectivity index is 0.000000649. The molecule has 0 saturated carbocycles. The fourth-order valence-corrected chi connectivity index (χ4v) is 3.41. The van der Waals surface area contributed by atoms with Gasteiger partial charge in [-0.2, -0.15) is 0 Å². The maximum absolute atomic E-state index is 5.75. The normalized spacial score (nSPS) is 10.3. The van der Waals surface area contributed by atoms with Crippen molar-refractivity contribution in [2.45, 2.75) is 81.6 Å². The van der Waals surface area contributed by atoms with Crippen molar-refractivity contribution in [3.63, 3.8) is 0 Å². The van der Waals surface area contributed by atoms with Crippen LogP contribution in [0.1, 0.15) is 80.7 Å². The van der Waals surface area contributed by atoms with Gasteiger partial charge in [0.2, 0.25) is 0 Å². The first-order valence-electron chi connectivity index (χ1n) is 14.0. The predicted octanol–water partition coefficient (Wildman–Crippen LogP) is 7.84. The fourth-order valence-electron chi connectivity index (χ4n) is 3.41. The highest BCUT2D eigenvalue weighted by atomic mass is 16.5. The Kier molecular flexibility index (Phi) is 18.5. The highest BCUT2D eigenvalue weighted by molar-refractivity contribution is 5.82. The quantitative estimate of drug-likeness (QED) is 0.314. The molecule has 0 spiro atoms. The van der Waals surface area contributed by atoms with E-state index in [0.29, 0.717) is 5.82 Å². The number of hydrogen-bond acceptors (Lipinski definition) is 5. The van der Waals surface area contributed by atoms with Crippen molar-refractivity contribution >= 4 is 23.8 Å². The van der Waals surface area contributed by atoms with E-state index in [-0.39, 0.29) is 0 Å². The molecule has 0 aliphatic carbocycles. The van der Waals surface area contributed by atoms with E-state index in [1.54, 1.807) is 13.3 Å². The maximum atomic E-state index is 5.75. The summed E-state index contributed by atoms with van der Waals surface area (Å²) < 4.78 is 10.9. The van der Waals surface area contributed by atoms with Crippen LogP contribution in [0.5, 0.6) is 11.5 Å². The number of nitrogens with two attached hydrogens (primary N) is 1. The van der Waals surface area contributed by atoms with E-state index in [1.165, 1.54) is 12.0 Å². The lowest BCUT2D eigenvalue weighted by molar-refractivity contribution is 0.314. The number of aromatic nitrogens is 1. The summed E-state index contributed by atoms with van der Waals surface area (Å²) in [5.74, 6) is 2.35. The van der Waals surface area contributed by atoms with E-state index in [2.05, 4.69) is 56.4 Å². The molecule has 2 aromatic carbocycles. The molecule has 5 nitrogen and oxygen atoms in total. The number of nitrogens with zero attached hydrogens (tertiary/aromatic N) is 2. The molecule has 0 aliphatic rings. The molecule has 1 heterocycles.